The molecule has 0 bridgehead atoms. The number of nitrogens with zero attached hydrogens (tertiary/aromatic N) is 2. The van der Waals surface area contributed by atoms with Crippen molar-refractivity contribution < 1.29 is 36.2 Å². The zero-order chi connectivity index (χ0) is 25.4. The van der Waals surface area contributed by atoms with Gasteiger partial charge in [0.2, 0.25) is 5.82 Å². The first kappa shape index (κ1) is 25.3. The Balaban J connectivity index is 0.000000212. The summed E-state index contributed by atoms with van der Waals surface area (Å²) in [4.78, 5) is 21.8. The van der Waals surface area contributed by atoms with Crippen molar-refractivity contribution in [3.8, 4) is 5.75 Å². The molecule has 3 atom stereocenters. The second kappa shape index (κ2) is 9.16. The van der Waals surface area contributed by atoms with E-state index >= 15 is 0 Å². The zero-order valence-corrected chi connectivity index (χ0v) is 18.8. The molecular formula is C22H23F5N4O3. The van der Waals surface area contributed by atoms with Crippen LogP contribution in [0.3, 0.4) is 0 Å². The van der Waals surface area contributed by atoms with Crippen LogP contribution in [0.25, 0.3) is 11.0 Å². The second-order valence-corrected chi connectivity index (χ2v) is 8.08. The normalized spacial score (nSPS) is 22.4. The quantitative estimate of drug-likeness (QED) is 0.534. The molecule has 1 amide bonds. The van der Waals surface area contributed by atoms with Gasteiger partial charge in [0.25, 0.3) is 5.91 Å². The third-order valence-electron chi connectivity index (χ3n) is 6.15. The average molecular weight is 486 g/mol. The molecule has 3 heterocycles. The number of hydrogen-bond donors (Lipinski definition) is 2. The number of nitrogens with two attached hydrogens (primary N) is 1. The number of nitrogens with one attached hydrogen (secondary N) is 1. The Labute approximate surface area is 191 Å². The highest BCUT2D eigenvalue weighted by Gasteiger charge is 2.61. The molecule has 3 N–H and O–H groups in total. The maximum Gasteiger partial charge on any atom is 0.417 e. The van der Waals surface area contributed by atoms with E-state index in [4.69, 9.17) is 15.2 Å². The van der Waals surface area contributed by atoms with Crippen molar-refractivity contribution in [1.82, 2.24) is 15.0 Å². The number of fused-ring (bicyclic) bond motifs is 1. The van der Waals surface area contributed by atoms with Crippen LogP contribution in [-0.4, -0.2) is 46.4 Å². The third-order valence-corrected chi connectivity index (χ3v) is 6.15. The van der Waals surface area contributed by atoms with Crippen molar-refractivity contribution in [3.05, 3.63) is 53.1 Å². The number of alkyl halides is 3. The molecule has 0 saturated carbocycles. The lowest BCUT2D eigenvalue weighted by atomic mass is 9.79. The zero-order valence-electron chi connectivity index (χ0n) is 18.8. The summed E-state index contributed by atoms with van der Waals surface area (Å²) >= 11 is 0. The smallest absolute Gasteiger partial charge is 0.417 e. The fraction of sp³-hybridized carbons (Fsp3) is 0.409. The van der Waals surface area contributed by atoms with E-state index < -0.39 is 41.2 Å². The number of aromatic nitrogens is 3. The van der Waals surface area contributed by atoms with Gasteiger partial charge in [0.15, 0.2) is 22.9 Å². The number of pyridine rings is 1. The summed E-state index contributed by atoms with van der Waals surface area (Å²) in [5.41, 5.74) is 5.49. The first-order valence-corrected chi connectivity index (χ1v) is 10.1. The van der Waals surface area contributed by atoms with Crippen molar-refractivity contribution in [3.63, 3.8) is 0 Å². The lowest BCUT2D eigenvalue weighted by Crippen LogP contribution is -2.46. The molecule has 1 aliphatic rings. The predicted molar refractivity (Wildman–Crippen MR) is 112 cm³/mol. The summed E-state index contributed by atoms with van der Waals surface area (Å²) < 4.78 is 76.0. The van der Waals surface area contributed by atoms with Gasteiger partial charge in [0, 0.05) is 23.6 Å². The van der Waals surface area contributed by atoms with Gasteiger partial charge in [-0.25, -0.2) is 14.4 Å². The molecule has 4 rings (SSSR count). The number of methoxy groups -OCH3 is 1. The molecule has 7 nitrogen and oxygen atoms in total. The Hall–Kier alpha value is -3.28. The number of carbonyl (C=O) groups excluding carboxylic acids is 1. The molecule has 2 aromatic heterocycles. The molecule has 2 unspecified atom stereocenters. The van der Waals surface area contributed by atoms with E-state index in [2.05, 4.69) is 15.0 Å². The largest absolute Gasteiger partial charge is 0.493 e. The van der Waals surface area contributed by atoms with E-state index in [-0.39, 0.29) is 23.6 Å². The Morgan fingerprint density at radius 3 is 2.53 bits per heavy atom. The van der Waals surface area contributed by atoms with Gasteiger partial charge >= 0.3 is 6.18 Å². The van der Waals surface area contributed by atoms with Crippen LogP contribution in [0.15, 0.2) is 24.7 Å². The van der Waals surface area contributed by atoms with Gasteiger partial charge < -0.3 is 20.2 Å². The molecule has 1 fully saturated rings. The molecule has 0 spiro atoms. The van der Waals surface area contributed by atoms with E-state index in [0.717, 1.165) is 31.2 Å². The lowest BCUT2D eigenvalue weighted by molar-refractivity contribution is -0.266. The van der Waals surface area contributed by atoms with E-state index in [0.29, 0.717) is 5.52 Å². The van der Waals surface area contributed by atoms with Gasteiger partial charge in [-0.2, -0.15) is 17.6 Å². The lowest BCUT2D eigenvalue weighted by Gasteiger charge is -2.32. The number of aromatic amines is 1. The molecule has 1 saturated heterocycles. The van der Waals surface area contributed by atoms with Gasteiger partial charge in [-0.05, 0) is 25.5 Å². The number of ether oxygens (including phenoxy) is 2. The van der Waals surface area contributed by atoms with Crippen molar-refractivity contribution in [2.24, 2.45) is 11.7 Å². The molecule has 12 heteroatoms. The number of halogens is 5. The van der Waals surface area contributed by atoms with Crippen LogP contribution in [0, 0.1) is 24.5 Å². The van der Waals surface area contributed by atoms with Gasteiger partial charge in [-0.1, -0.05) is 13.0 Å². The van der Waals surface area contributed by atoms with Crippen LogP contribution in [-0.2, 0) is 4.74 Å². The summed E-state index contributed by atoms with van der Waals surface area (Å²) in [5, 5.41) is 0. The number of amides is 1. The molecule has 1 aliphatic heterocycles. The van der Waals surface area contributed by atoms with Gasteiger partial charge in [0.05, 0.1) is 31.1 Å². The minimum atomic E-state index is -4.55. The first-order chi connectivity index (χ1) is 15.8. The molecule has 34 heavy (non-hydrogen) atoms. The van der Waals surface area contributed by atoms with Crippen LogP contribution >= 0.6 is 0 Å². The predicted octanol–water partition coefficient (Wildman–Crippen LogP) is 4.41. The summed E-state index contributed by atoms with van der Waals surface area (Å²) in [6, 6.07) is 2.12. The van der Waals surface area contributed by atoms with Crippen molar-refractivity contribution in [1.29, 1.82) is 0 Å². The van der Waals surface area contributed by atoms with Crippen LogP contribution < -0.4 is 10.5 Å². The van der Waals surface area contributed by atoms with Gasteiger partial charge in [-0.15, -0.1) is 0 Å². The number of benzene rings is 1. The summed E-state index contributed by atoms with van der Waals surface area (Å²) in [6.45, 7) is 3.98. The average Bonchev–Trinajstić information content (AvgIpc) is 3.37. The fourth-order valence-electron chi connectivity index (χ4n) is 3.92. The molecule has 3 aromatic rings. The monoisotopic (exact) mass is 486 g/mol. The minimum absolute atomic E-state index is 0.178. The summed E-state index contributed by atoms with van der Waals surface area (Å²) in [7, 11) is 1.14. The van der Waals surface area contributed by atoms with Gasteiger partial charge in [-0.3, -0.25) is 4.79 Å². The number of primary amides is 1. The van der Waals surface area contributed by atoms with Crippen LogP contribution in [0.1, 0.15) is 41.4 Å². The highest BCUT2D eigenvalue weighted by molar-refractivity contribution is 6.02. The maximum absolute atomic E-state index is 13.7. The van der Waals surface area contributed by atoms with Crippen LogP contribution in [0.5, 0.6) is 5.75 Å². The van der Waals surface area contributed by atoms with Crippen molar-refractivity contribution in [2.45, 2.75) is 38.5 Å². The topological polar surface area (TPSA) is 103 Å². The number of carbonyl (C=O) groups is 1. The number of H-pyrrole nitrogens is 1. The number of aryl methyl sites for hydroxylation is 1. The number of rotatable bonds is 3. The third kappa shape index (κ3) is 4.29. The standard InChI is InChI=1S/C14H15F5O2.C8H8N4O/c1-7-9(6-21-13(7,2)14(17,18)19)8-4-5-10(15)11(16)12(8)20-3;1-4-2-10-7(8(9)13)6-5(4)11-3-12-6/h4-5,7,9H,6H2,1-3H3;2-3H,1H3,(H2,9,13)(H,11,12)/t7?,9?,13-;/m1./s1. The van der Waals surface area contributed by atoms with Crippen LogP contribution in [0.4, 0.5) is 22.0 Å². The highest BCUT2D eigenvalue weighted by Crippen LogP contribution is 2.51. The number of imidazole rings is 1. The Morgan fingerprint density at radius 1 is 1.29 bits per heavy atom. The number of hydrogen-bond acceptors (Lipinski definition) is 5. The SMILES string of the molecule is COc1c(C2CO[C@@](C)(C(F)(F)F)C2C)ccc(F)c1F.Cc1cnc(C(N)=O)c2[nH]cnc12. The fourth-order valence-corrected chi connectivity index (χ4v) is 3.92. The molecule has 184 valence electrons. The Kier molecular flexibility index (Phi) is 6.83. The van der Waals surface area contributed by atoms with Gasteiger partial charge in [0.1, 0.15) is 0 Å². The van der Waals surface area contributed by atoms with E-state index in [1.165, 1.54) is 19.3 Å². The molecule has 1 aromatic carbocycles. The Morgan fingerprint density at radius 2 is 1.97 bits per heavy atom. The molecule has 0 radical (unpaired) electrons. The summed E-state index contributed by atoms with van der Waals surface area (Å²) in [5.74, 6) is -4.93. The highest BCUT2D eigenvalue weighted by atomic mass is 19.4. The summed E-state index contributed by atoms with van der Waals surface area (Å²) in [6.07, 6.45) is -1.44. The second-order valence-electron chi connectivity index (χ2n) is 8.08. The van der Waals surface area contributed by atoms with E-state index in [9.17, 15) is 26.7 Å². The van der Waals surface area contributed by atoms with Crippen molar-refractivity contribution >= 4 is 16.9 Å². The maximum atomic E-state index is 13.7. The first-order valence-electron chi connectivity index (χ1n) is 10.1. The van der Waals surface area contributed by atoms with Crippen molar-refractivity contribution in [2.75, 3.05) is 13.7 Å². The van der Waals surface area contributed by atoms with Crippen LogP contribution in [0.2, 0.25) is 0 Å². The van der Waals surface area contributed by atoms with E-state index in [1.54, 1.807) is 6.20 Å². The minimum Gasteiger partial charge on any atom is -0.493 e. The van der Waals surface area contributed by atoms with E-state index in [1.807, 2.05) is 6.92 Å². The molecular weight excluding hydrogens is 463 g/mol. The molecule has 0 aliphatic carbocycles. The Bertz CT molecular complexity index is 1210.